The summed E-state index contributed by atoms with van der Waals surface area (Å²) in [5.74, 6) is -0.469. The van der Waals surface area contributed by atoms with Crippen molar-refractivity contribution < 1.29 is 18.4 Å². The highest BCUT2D eigenvalue weighted by Gasteiger charge is 2.30. The summed E-state index contributed by atoms with van der Waals surface area (Å²) in [7, 11) is 3.28. The van der Waals surface area contributed by atoms with Crippen LogP contribution in [0, 0.1) is 5.82 Å². The van der Waals surface area contributed by atoms with E-state index < -0.39 is 0 Å². The summed E-state index contributed by atoms with van der Waals surface area (Å²) in [6, 6.07) is 5.22. The van der Waals surface area contributed by atoms with Crippen molar-refractivity contribution in [3.05, 3.63) is 53.3 Å². The molecule has 0 saturated carbocycles. The first-order chi connectivity index (χ1) is 15.8. The molecule has 4 rings (SSSR count). The normalized spacial score (nSPS) is 16.5. The zero-order valence-corrected chi connectivity index (χ0v) is 19.7. The molecule has 3 heterocycles. The Morgan fingerprint density at radius 3 is 2.76 bits per heavy atom. The molecule has 2 aromatic heterocycles. The molecule has 7 nitrogen and oxygen atoms in total. The van der Waals surface area contributed by atoms with Crippen molar-refractivity contribution in [1.82, 2.24) is 19.6 Å². The lowest BCUT2D eigenvalue weighted by Gasteiger charge is -2.33. The Morgan fingerprint density at radius 2 is 2.09 bits per heavy atom. The van der Waals surface area contributed by atoms with Crippen molar-refractivity contribution in [2.24, 2.45) is 0 Å². The van der Waals surface area contributed by atoms with Crippen molar-refractivity contribution in [1.29, 1.82) is 0 Å². The van der Waals surface area contributed by atoms with E-state index in [9.17, 15) is 9.59 Å². The molecule has 0 aliphatic carbocycles. The Bertz CT molecular complexity index is 1150. The number of aromatic nitrogens is 2. The van der Waals surface area contributed by atoms with Crippen molar-refractivity contribution in [2.45, 2.75) is 51.5 Å². The van der Waals surface area contributed by atoms with E-state index in [1.807, 2.05) is 37.1 Å². The van der Waals surface area contributed by atoms with Crippen LogP contribution in [-0.2, 0) is 11.3 Å². The number of likely N-dealkylation sites (tertiary alicyclic amines) is 1. The van der Waals surface area contributed by atoms with Gasteiger partial charge in [-0.05, 0) is 42.0 Å². The molecule has 33 heavy (non-hydrogen) atoms. The monoisotopic (exact) mass is 454 g/mol. The number of halogens is 1. The molecule has 0 bridgehead atoms. The predicted octanol–water partition coefficient (Wildman–Crippen LogP) is 4.39. The van der Waals surface area contributed by atoms with E-state index >= 15 is 4.39 Å². The molecule has 1 fully saturated rings. The van der Waals surface area contributed by atoms with Gasteiger partial charge in [0.25, 0.3) is 5.91 Å². The molecule has 1 aromatic carbocycles. The Kier molecular flexibility index (Phi) is 6.54. The second-order valence-electron chi connectivity index (χ2n) is 9.27. The van der Waals surface area contributed by atoms with Crippen LogP contribution in [0.2, 0.25) is 0 Å². The van der Waals surface area contributed by atoms with Crippen LogP contribution in [0.4, 0.5) is 4.39 Å². The molecule has 8 heteroatoms. The lowest BCUT2D eigenvalue weighted by Crippen LogP contribution is -2.39. The Morgan fingerprint density at radius 1 is 1.30 bits per heavy atom. The zero-order chi connectivity index (χ0) is 23.7. The van der Waals surface area contributed by atoms with Crippen LogP contribution >= 0.6 is 0 Å². The molecule has 0 spiro atoms. The summed E-state index contributed by atoms with van der Waals surface area (Å²) < 4.78 is 23.3. The Hall–Kier alpha value is -3.16. The summed E-state index contributed by atoms with van der Waals surface area (Å²) in [6.07, 6.45) is 5.53. The SMILES string of the molecule is CC(C)c1cc([C@@H]2CCCN(C(=O)CCn3cccn3)C2)c(F)c2cc(C(=O)N(C)C)oc12. The molecule has 2 amide bonds. The number of nitrogens with zero attached hydrogens (tertiary/aromatic N) is 4. The van der Waals surface area contributed by atoms with Gasteiger partial charge in [-0.25, -0.2) is 4.39 Å². The van der Waals surface area contributed by atoms with Gasteiger partial charge in [0.15, 0.2) is 5.76 Å². The van der Waals surface area contributed by atoms with Crippen molar-refractivity contribution in [2.75, 3.05) is 27.2 Å². The number of carbonyl (C=O) groups excluding carboxylic acids is 2. The number of amides is 2. The minimum Gasteiger partial charge on any atom is -0.450 e. The second-order valence-corrected chi connectivity index (χ2v) is 9.27. The molecule has 3 aromatic rings. The molecule has 1 aliphatic heterocycles. The molecular weight excluding hydrogens is 423 g/mol. The first-order valence-electron chi connectivity index (χ1n) is 11.5. The van der Waals surface area contributed by atoms with Crippen molar-refractivity contribution in [3.63, 3.8) is 0 Å². The molecule has 176 valence electrons. The fourth-order valence-electron chi connectivity index (χ4n) is 4.53. The van der Waals surface area contributed by atoms with Gasteiger partial charge in [-0.1, -0.05) is 13.8 Å². The van der Waals surface area contributed by atoms with Crippen molar-refractivity contribution >= 4 is 22.8 Å². The van der Waals surface area contributed by atoms with E-state index in [2.05, 4.69) is 5.10 Å². The van der Waals surface area contributed by atoms with E-state index in [-0.39, 0.29) is 35.2 Å². The fourth-order valence-corrected chi connectivity index (χ4v) is 4.53. The number of piperidine rings is 1. The van der Waals surface area contributed by atoms with Gasteiger partial charge in [0.1, 0.15) is 11.4 Å². The standard InChI is InChI=1S/C25H31FN4O3/c1-16(2)18-13-19(23(26)20-14-21(33-24(18)20)25(32)28(3)4)17-7-5-10-29(15-17)22(31)8-12-30-11-6-9-27-30/h6,9,11,13-14,16-17H,5,7-8,10,12,15H2,1-4H3/t17-/m1/s1. The van der Waals surface area contributed by atoms with Gasteiger partial charge in [-0.2, -0.15) is 5.10 Å². The van der Waals surface area contributed by atoms with E-state index in [1.54, 1.807) is 25.0 Å². The van der Waals surface area contributed by atoms with Crippen LogP contribution in [0.3, 0.4) is 0 Å². The highest BCUT2D eigenvalue weighted by molar-refractivity contribution is 5.97. The van der Waals surface area contributed by atoms with E-state index in [0.717, 1.165) is 18.4 Å². The summed E-state index contributed by atoms with van der Waals surface area (Å²) >= 11 is 0. The first kappa shape index (κ1) is 23.0. The number of fused-ring (bicyclic) bond motifs is 1. The highest BCUT2D eigenvalue weighted by Crippen LogP contribution is 2.38. The van der Waals surface area contributed by atoms with Crippen LogP contribution < -0.4 is 0 Å². The number of furan rings is 1. The minimum atomic E-state index is -0.355. The summed E-state index contributed by atoms with van der Waals surface area (Å²) in [5, 5.41) is 4.48. The van der Waals surface area contributed by atoms with Crippen LogP contribution in [0.5, 0.6) is 0 Å². The number of aryl methyl sites for hydroxylation is 1. The summed E-state index contributed by atoms with van der Waals surface area (Å²) in [5.41, 5.74) is 1.90. The third-order valence-corrected chi connectivity index (χ3v) is 6.36. The highest BCUT2D eigenvalue weighted by atomic mass is 19.1. The zero-order valence-electron chi connectivity index (χ0n) is 19.7. The number of carbonyl (C=O) groups is 2. The third-order valence-electron chi connectivity index (χ3n) is 6.36. The lowest BCUT2D eigenvalue weighted by atomic mass is 9.86. The van der Waals surface area contributed by atoms with E-state index in [1.165, 1.54) is 11.0 Å². The van der Waals surface area contributed by atoms with Gasteiger partial charge in [-0.15, -0.1) is 0 Å². The second kappa shape index (κ2) is 9.37. The van der Waals surface area contributed by atoms with Gasteiger partial charge < -0.3 is 14.2 Å². The van der Waals surface area contributed by atoms with E-state index in [0.29, 0.717) is 42.6 Å². The van der Waals surface area contributed by atoms with Gasteiger partial charge >= 0.3 is 0 Å². The maximum atomic E-state index is 15.7. The van der Waals surface area contributed by atoms with Crippen LogP contribution in [0.1, 0.15) is 66.6 Å². The van der Waals surface area contributed by atoms with Gasteiger partial charge in [0.2, 0.25) is 5.91 Å². The Labute approximate surface area is 193 Å². The molecule has 1 atom stereocenters. The average molecular weight is 455 g/mol. The maximum Gasteiger partial charge on any atom is 0.289 e. The van der Waals surface area contributed by atoms with Crippen LogP contribution in [-0.4, -0.2) is 58.6 Å². The molecular formula is C25H31FN4O3. The molecule has 1 aliphatic rings. The molecule has 0 N–H and O–H groups in total. The largest absolute Gasteiger partial charge is 0.450 e. The van der Waals surface area contributed by atoms with Crippen LogP contribution in [0.25, 0.3) is 11.0 Å². The quantitative estimate of drug-likeness (QED) is 0.554. The number of rotatable bonds is 6. The first-order valence-corrected chi connectivity index (χ1v) is 11.5. The summed E-state index contributed by atoms with van der Waals surface area (Å²) in [6.45, 7) is 5.75. The summed E-state index contributed by atoms with van der Waals surface area (Å²) in [4.78, 5) is 28.5. The Balaban J connectivity index is 1.61. The average Bonchev–Trinajstić information content (AvgIpc) is 3.47. The molecule has 0 radical (unpaired) electrons. The van der Waals surface area contributed by atoms with Gasteiger partial charge in [0.05, 0.1) is 5.39 Å². The molecule has 0 unspecified atom stereocenters. The van der Waals surface area contributed by atoms with E-state index in [4.69, 9.17) is 4.42 Å². The smallest absolute Gasteiger partial charge is 0.289 e. The number of benzene rings is 1. The predicted molar refractivity (Wildman–Crippen MR) is 124 cm³/mol. The minimum absolute atomic E-state index is 0.0583. The molecule has 1 saturated heterocycles. The van der Waals surface area contributed by atoms with Crippen molar-refractivity contribution in [3.8, 4) is 0 Å². The van der Waals surface area contributed by atoms with Gasteiger partial charge in [-0.3, -0.25) is 14.3 Å². The van der Waals surface area contributed by atoms with Crippen LogP contribution in [0.15, 0.2) is 35.0 Å². The maximum absolute atomic E-state index is 15.7. The third kappa shape index (κ3) is 4.65. The fraction of sp³-hybridized carbons (Fsp3) is 0.480. The number of hydrogen-bond acceptors (Lipinski definition) is 4. The lowest BCUT2D eigenvalue weighted by molar-refractivity contribution is -0.132. The van der Waals surface area contributed by atoms with Gasteiger partial charge in [0, 0.05) is 64.5 Å². The topological polar surface area (TPSA) is 71.6 Å². The number of hydrogen-bond donors (Lipinski definition) is 0.